The Bertz CT molecular complexity index is 485. The molecule has 0 radical (unpaired) electrons. The highest BCUT2D eigenvalue weighted by molar-refractivity contribution is 5.41. The highest BCUT2D eigenvalue weighted by Crippen LogP contribution is 2.10. The number of nitrogens with zero attached hydrogens (tertiary/aromatic N) is 2. The average molecular weight is 228 g/mol. The van der Waals surface area contributed by atoms with Gasteiger partial charge in [0.1, 0.15) is 5.82 Å². The van der Waals surface area contributed by atoms with Gasteiger partial charge in [-0.25, -0.2) is 4.98 Å². The number of anilines is 2. The Morgan fingerprint density at radius 1 is 1.12 bits per heavy atom. The molecule has 0 saturated carbocycles. The van der Waals surface area contributed by atoms with Crippen molar-refractivity contribution in [3.63, 3.8) is 0 Å². The van der Waals surface area contributed by atoms with Crippen LogP contribution in [0.2, 0.25) is 0 Å². The molecule has 2 rings (SSSR count). The number of nitrogen functional groups attached to an aromatic ring is 1. The van der Waals surface area contributed by atoms with E-state index < -0.39 is 0 Å². The monoisotopic (exact) mass is 228 g/mol. The summed E-state index contributed by atoms with van der Waals surface area (Å²) in [5.74, 6) is 1.06. The summed E-state index contributed by atoms with van der Waals surface area (Å²) in [4.78, 5) is 8.15. The number of benzene rings is 1. The zero-order valence-corrected chi connectivity index (χ0v) is 10.1. The fourth-order valence-corrected chi connectivity index (χ4v) is 1.58. The number of nitrogens with two attached hydrogens (primary N) is 1. The predicted molar refractivity (Wildman–Crippen MR) is 69.7 cm³/mol. The Labute approximate surface area is 101 Å². The maximum absolute atomic E-state index is 5.59. The minimum Gasteiger partial charge on any atom is -0.368 e. The van der Waals surface area contributed by atoms with E-state index in [1.165, 1.54) is 11.1 Å². The van der Waals surface area contributed by atoms with Gasteiger partial charge in [-0.05, 0) is 19.4 Å². The molecule has 3 N–H and O–H groups in total. The Morgan fingerprint density at radius 3 is 2.47 bits per heavy atom. The van der Waals surface area contributed by atoms with Gasteiger partial charge in [0.05, 0.1) is 0 Å². The molecule has 0 saturated heterocycles. The molecule has 0 amide bonds. The molecule has 0 aliphatic rings. The molecule has 0 unspecified atom stereocenters. The van der Waals surface area contributed by atoms with Crippen LogP contribution in [0.5, 0.6) is 0 Å². The largest absolute Gasteiger partial charge is 0.368 e. The fraction of sp³-hybridized carbons (Fsp3) is 0.231. The van der Waals surface area contributed by atoms with E-state index in [0.29, 0.717) is 5.95 Å². The van der Waals surface area contributed by atoms with Crippen LogP contribution in [0.4, 0.5) is 11.8 Å². The lowest BCUT2D eigenvalue weighted by Crippen LogP contribution is -2.05. The Balaban J connectivity index is 2.04. The van der Waals surface area contributed by atoms with E-state index in [0.717, 1.165) is 18.1 Å². The molecule has 0 aliphatic heterocycles. The third-order valence-corrected chi connectivity index (χ3v) is 2.47. The van der Waals surface area contributed by atoms with Gasteiger partial charge in [-0.15, -0.1) is 0 Å². The van der Waals surface area contributed by atoms with Crippen LogP contribution >= 0.6 is 0 Å². The quantitative estimate of drug-likeness (QED) is 0.846. The van der Waals surface area contributed by atoms with Crippen LogP contribution in [0.25, 0.3) is 0 Å². The van der Waals surface area contributed by atoms with E-state index in [1.807, 2.05) is 13.0 Å². The molecule has 0 atom stereocenters. The molecular formula is C13H16N4. The fourth-order valence-electron chi connectivity index (χ4n) is 1.58. The summed E-state index contributed by atoms with van der Waals surface area (Å²) in [6, 6.07) is 10.3. The van der Waals surface area contributed by atoms with Crippen molar-refractivity contribution in [2.24, 2.45) is 0 Å². The number of hydrogen-bond acceptors (Lipinski definition) is 4. The van der Waals surface area contributed by atoms with Crippen molar-refractivity contribution in [1.29, 1.82) is 0 Å². The molecular weight excluding hydrogens is 212 g/mol. The first-order chi connectivity index (χ1) is 8.13. The van der Waals surface area contributed by atoms with Crippen molar-refractivity contribution in [2.45, 2.75) is 20.4 Å². The molecule has 2 aromatic rings. The number of nitrogens with one attached hydrogen (secondary N) is 1. The van der Waals surface area contributed by atoms with E-state index in [4.69, 9.17) is 5.73 Å². The van der Waals surface area contributed by atoms with Crippen LogP contribution in [-0.4, -0.2) is 9.97 Å². The van der Waals surface area contributed by atoms with E-state index >= 15 is 0 Å². The van der Waals surface area contributed by atoms with Crippen LogP contribution in [-0.2, 0) is 6.54 Å². The lowest BCUT2D eigenvalue weighted by molar-refractivity contribution is 1.06. The van der Waals surface area contributed by atoms with Gasteiger partial charge < -0.3 is 11.1 Å². The lowest BCUT2D eigenvalue weighted by atomic mass is 10.1. The normalized spacial score (nSPS) is 10.2. The van der Waals surface area contributed by atoms with Gasteiger partial charge in [-0.1, -0.05) is 29.8 Å². The summed E-state index contributed by atoms with van der Waals surface area (Å²) in [7, 11) is 0. The van der Waals surface area contributed by atoms with E-state index in [-0.39, 0.29) is 0 Å². The molecule has 4 nitrogen and oxygen atoms in total. The second-order valence-corrected chi connectivity index (χ2v) is 4.09. The molecule has 88 valence electrons. The zero-order valence-electron chi connectivity index (χ0n) is 10.1. The highest BCUT2D eigenvalue weighted by atomic mass is 15.1. The number of aryl methyl sites for hydroxylation is 2. The molecule has 4 heteroatoms. The third kappa shape index (κ3) is 3.17. The van der Waals surface area contributed by atoms with E-state index in [1.54, 1.807) is 0 Å². The summed E-state index contributed by atoms with van der Waals surface area (Å²) >= 11 is 0. The summed E-state index contributed by atoms with van der Waals surface area (Å²) in [6.07, 6.45) is 0. The predicted octanol–water partition coefficient (Wildman–Crippen LogP) is 2.29. The summed E-state index contributed by atoms with van der Waals surface area (Å²) in [6.45, 7) is 4.71. The first kappa shape index (κ1) is 11.4. The minimum absolute atomic E-state index is 0.302. The maximum Gasteiger partial charge on any atom is 0.222 e. The number of rotatable bonds is 3. The van der Waals surface area contributed by atoms with Gasteiger partial charge in [0.2, 0.25) is 5.95 Å². The summed E-state index contributed by atoms with van der Waals surface area (Å²) < 4.78 is 0. The highest BCUT2D eigenvalue weighted by Gasteiger charge is 1.99. The molecule has 0 bridgehead atoms. The SMILES string of the molecule is Cc1ccc(CNc2cc(C)nc(N)n2)cc1. The van der Waals surface area contributed by atoms with Gasteiger partial charge in [-0.3, -0.25) is 0 Å². The summed E-state index contributed by atoms with van der Waals surface area (Å²) in [5, 5.41) is 3.23. The van der Waals surface area contributed by atoms with E-state index in [2.05, 4.69) is 46.5 Å². The average Bonchev–Trinajstić information content (AvgIpc) is 2.27. The Hall–Kier alpha value is -2.10. The maximum atomic E-state index is 5.59. The van der Waals surface area contributed by atoms with Gasteiger partial charge in [0, 0.05) is 18.3 Å². The first-order valence-electron chi connectivity index (χ1n) is 5.54. The van der Waals surface area contributed by atoms with Gasteiger partial charge in [-0.2, -0.15) is 4.98 Å². The third-order valence-electron chi connectivity index (χ3n) is 2.47. The molecule has 1 aromatic heterocycles. The van der Waals surface area contributed by atoms with Crippen LogP contribution in [0.1, 0.15) is 16.8 Å². The standard InChI is InChI=1S/C13H16N4/c1-9-3-5-11(6-4-9)8-15-12-7-10(2)16-13(14)17-12/h3-7H,8H2,1-2H3,(H3,14,15,16,17). The van der Waals surface area contributed by atoms with Crippen LogP contribution < -0.4 is 11.1 Å². The molecule has 1 heterocycles. The summed E-state index contributed by atoms with van der Waals surface area (Å²) in [5.41, 5.74) is 8.92. The lowest BCUT2D eigenvalue weighted by Gasteiger charge is -2.07. The topological polar surface area (TPSA) is 63.8 Å². The van der Waals surface area contributed by atoms with Gasteiger partial charge in [0.25, 0.3) is 0 Å². The van der Waals surface area contributed by atoms with Crippen molar-refractivity contribution in [3.8, 4) is 0 Å². The van der Waals surface area contributed by atoms with Crippen LogP contribution in [0, 0.1) is 13.8 Å². The Kier molecular flexibility index (Phi) is 3.23. The minimum atomic E-state index is 0.302. The number of aromatic nitrogens is 2. The van der Waals surface area contributed by atoms with Crippen molar-refractivity contribution < 1.29 is 0 Å². The zero-order chi connectivity index (χ0) is 12.3. The molecule has 17 heavy (non-hydrogen) atoms. The second-order valence-electron chi connectivity index (χ2n) is 4.09. The van der Waals surface area contributed by atoms with E-state index in [9.17, 15) is 0 Å². The van der Waals surface area contributed by atoms with Gasteiger partial charge >= 0.3 is 0 Å². The Morgan fingerprint density at radius 2 is 1.82 bits per heavy atom. The van der Waals surface area contributed by atoms with Crippen LogP contribution in [0.3, 0.4) is 0 Å². The van der Waals surface area contributed by atoms with Crippen LogP contribution in [0.15, 0.2) is 30.3 Å². The van der Waals surface area contributed by atoms with Crippen molar-refractivity contribution in [3.05, 3.63) is 47.2 Å². The molecule has 0 spiro atoms. The molecule has 0 fully saturated rings. The molecule has 0 aliphatic carbocycles. The molecule has 1 aromatic carbocycles. The van der Waals surface area contributed by atoms with Crippen molar-refractivity contribution in [2.75, 3.05) is 11.1 Å². The number of hydrogen-bond donors (Lipinski definition) is 2. The van der Waals surface area contributed by atoms with Crippen molar-refractivity contribution >= 4 is 11.8 Å². The second kappa shape index (κ2) is 4.82. The smallest absolute Gasteiger partial charge is 0.222 e. The van der Waals surface area contributed by atoms with Gasteiger partial charge in [0.15, 0.2) is 0 Å². The van der Waals surface area contributed by atoms with Crippen molar-refractivity contribution in [1.82, 2.24) is 9.97 Å². The first-order valence-corrected chi connectivity index (χ1v) is 5.54.